The largest absolute Gasteiger partial charge is 0.480 e. The molecule has 0 aromatic carbocycles. The molecule has 0 saturated heterocycles. The van der Waals surface area contributed by atoms with E-state index in [1.807, 2.05) is 0 Å². The molecule has 2 N–H and O–H groups in total. The number of nitrogens with zero attached hydrogens (tertiary/aromatic N) is 2. The minimum absolute atomic E-state index is 0.275. The van der Waals surface area contributed by atoms with Gasteiger partial charge in [-0.1, -0.05) is 0 Å². The summed E-state index contributed by atoms with van der Waals surface area (Å²) in [6, 6.07) is 0.549. The van der Waals surface area contributed by atoms with Gasteiger partial charge in [0.2, 0.25) is 0 Å². The maximum atomic E-state index is 12.8. The molecule has 114 valence electrons. The van der Waals surface area contributed by atoms with Gasteiger partial charge in [0, 0.05) is 12.4 Å². The summed E-state index contributed by atoms with van der Waals surface area (Å²) in [7, 11) is 0. The molecule has 0 saturated carbocycles. The van der Waals surface area contributed by atoms with Gasteiger partial charge in [0.25, 0.3) is 5.91 Å². The van der Waals surface area contributed by atoms with Crippen LogP contribution in [0.2, 0.25) is 0 Å². The van der Waals surface area contributed by atoms with E-state index in [1.165, 1.54) is 0 Å². The first-order valence-corrected chi connectivity index (χ1v) is 5.37. The maximum absolute atomic E-state index is 12.8. The number of hydrogen-bond acceptors (Lipinski definition) is 4. The lowest BCUT2D eigenvalue weighted by Crippen LogP contribution is -2.40. The third-order valence-electron chi connectivity index (χ3n) is 2.30. The van der Waals surface area contributed by atoms with Gasteiger partial charge < -0.3 is 15.1 Å². The van der Waals surface area contributed by atoms with Crippen molar-refractivity contribution in [2.75, 3.05) is 13.1 Å². The SMILES string of the molecule is O=C(O)CN(CC(=O)O)C(=O)c1cnccc1C(F)(F)F. The number of pyridine rings is 1. The molecule has 1 aromatic rings. The Morgan fingerprint density at radius 3 is 2.10 bits per heavy atom. The Bertz CT molecular complexity index is 557. The van der Waals surface area contributed by atoms with Crippen LogP contribution in [0.5, 0.6) is 0 Å². The smallest absolute Gasteiger partial charge is 0.417 e. The molecular formula is C11H9F3N2O5. The number of carbonyl (C=O) groups excluding carboxylic acids is 1. The highest BCUT2D eigenvalue weighted by atomic mass is 19.4. The summed E-state index contributed by atoms with van der Waals surface area (Å²) >= 11 is 0. The van der Waals surface area contributed by atoms with Gasteiger partial charge in [0.15, 0.2) is 0 Å². The molecule has 7 nitrogen and oxygen atoms in total. The number of aliphatic carboxylic acids is 2. The second-order valence-corrected chi connectivity index (χ2v) is 3.87. The molecule has 0 aliphatic rings. The van der Waals surface area contributed by atoms with Crippen LogP contribution in [0.4, 0.5) is 13.2 Å². The van der Waals surface area contributed by atoms with Gasteiger partial charge in [-0.3, -0.25) is 19.4 Å². The summed E-state index contributed by atoms with van der Waals surface area (Å²) in [6.45, 7) is -2.09. The summed E-state index contributed by atoms with van der Waals surface area (Å²) in [5.74, 6) is -4.48. The number of carboxylic acid groups (broad SMARTS) is 2. The van der Waals surface area contributed by atoms with E-state index in [-0.39, 0.29) is 4.90 Å². The molecule has 1 aromatic heterocycles. The second kappa shape index (κ2) is 6.20. The lowest BCUT2D eigenvalue weighted by molar-refractivity contribution is -0.140. The standard InChI is InChI=1S/C11H9F3N2O5/c12-11(13,14)7-1-2-15-3-6(7)10(21)16(4-8(17)18)5-9(19)20/h1-3H,4-5H2,(H,17,18)(H,19,20). The average molecular weight is 306 g/mol. The Hall–Kier alpha value is -2.65. The van der Waals surface area contributed by atoms with Gasteiger partial charge in [-0.25, -0.2) is 0 Å². The number of carboxylic acids is 2. The van der Waals surface area contributed by atoms with Crippen molar-refractivity contribution in [1.82, 2.24) is 9.88 Å². The molecule has 0 aliphatic heterocycles. The van der Waals surface area contributed by atoms with Gasteiger partial charge in [-0.2, -0.15) is 13.2 Å². The van der Waals surface area contributed by atoms with Crippen molar-refractivity contribution in [3.05, 3.63) is 29.6 Å². The lowest BCUT2D eigenvalue weighted by Gasteiger charge is -2.20. The highest BCUT2D eigenvalue weighted by Gasteiger charge is 2.36. The van der Waals surface area contributed by atoms with Gasteiger partial charge in [0.05, 0.1) is 11.1 Å². The summed E-state index contributed by atoms with van der Waals surface area (Å²) in [5.41, 5.74) is -2.23. The number of hydrogen-bond donors (Lipinski definition) is 2. The van der Waals surface area contributed by atoms with Gasteiger partial charge in [-0.15, -0.1) is 0 Å². The first kappa shape index (κ1) is 16.4. The highest BCUT2D eigenvalue weighted by Crippen LogP contribution is 2.31. The predicted molar refractivity (Wildman–Crippen MR) is 60.4 cm³/mol. The molecule has 0 fully saturated rings. The number of alkyl halides is 3. The van der Waals surface area contributed by atoms with Crippen LogP contribution in [0, 0.1) is 0 Å². The Morgan fingerprint density at radius 1 is 1.14 bits per heavy atom. The van der Waals surface area contributed by atoms with Crippen LogP contribution in [0.3, 0.4) is 0 Å². The van der Waals surface area contributed by atoms with Crippen molar-refractivity contribution < 1.29 is 37.8 Å². The van der Waals surface area contributed by atoms with E-state index < -0.39 is 48.2 Å². The van der Waals surface area contributed by atoms with Crippen LogP contribution in [-0.2, 0) is 15.8 Å². The number of rotatable bonds is 5. The summed E-state index contributed by atoms with van der Waals surface area (Å²) < 4.78 is 38.3. The molecule has 1 rings (SSSR count). The summed E-state index contributed by atoms with van der Waals surface area (Å²) in [6.07, 6.45) is -3.42. The Kier molecular flexibility index (Phi) is 4.84. The first-order valence-electron chi connectivity index (χ1n) is 5.37. The molecule has 0 radical (unpaired) electrons. The van der Waals surface area contributed by atoms with Gasteiger partial charge in [-0.05, 0) is 6.07 Å². The fourth-order valence-electron chi connectivity index (χ4n) is 1.51. The monoisotopic (exact) mass is 306 g/mol. The van der Waals surface area contributed by atoms with Crippen LogP contribution in [-0.4, -0.2) is 51.0 Å². The number of halogens is 3. The molecule has 1 amide bonds. The van der Waals surface area contributed by atoms with Crippen molar-refractivity contribution >= 4 is 17.8 Å². The van der Waals surface area contributed by atoms with Crippen LogP contribution in [0.25, 0.3) is 0 Å². The van der Waals surface area contributed by atoms with Crippen molar-refractivity contribution in [1.29, 1.82) is 0 Å². The molecule has 0 bridgehead atoms. The molecule has 21 heavy (non-hydrogen) atoms. The molecular weight excluding hydrogens is 297 g/mol. The lowest BCUT2D eigenvalue weighted by atomic mass is 10.1. The van der Waals surface area contributed by atoms with Crippen molar-refractivity contribution in [2.24, 2.45) is 0 Å². The summed E-state index contributed by atoms with van der Waals surface area (Å²) in [4.78, 5) is 36.8. The zero-order valence-corrected chi connectivity index (χ0v) is 10.3. The second-order valence-electron chi connectivity index (χ2n) is 3.87. The van der Waals surface area contributed by atoms with E-state index in [1.54, 1.807) is 0 Å². The van der Waals surface area contributed by atoms with E-state index in [2.05, 4.69) is 4.98 Å². The van der Waals surface area contributed by atoms with Crippen molar-refractivity contribution in [3.63, 3.8) is 0 Å². The van der Waals surface area contributed by atoms with Crippen LogP contribution >= 0.6 is 0 Å². The highest BCUT2D eigenvalue weighted by molar-refractivity contribution is 5.98. The number of amides is 1. The zero-order valence-electron chi connectivity index (χ0n) is 10.3. The number of carbonyl (C=O) groups is 3. The first-order chi connectivity index (χ1) is 9.62. The molecule has 0 spiro atoms. The Morgan fingerprint density at radius 2 is 1.67 bits per heavy atom. The fourth-order valence-corrected chi connectivity index (χ4v) is 1.51. The van der Waals surface area contributed by atoms with Crippen molar-refractivity contribution in [3.8, 4) is 0 Å². The normalized spacial score (nSPS) is 11.0. The van der Waals surface area contributed by atoms with E-state index in [9.17, 15) is 27.6 Å². The van der Waals surface area contributed by atoms with Gasteiger partial charge >= 0.3 is 18.1 Å². The van der Waals surface area contributed by atoms with E-state index in [4.69, 9.17) is 10.2 Å². The molecule has 0 aliphatic carbocycles. The third-order valence-corrected chi connectivity index (χ3v) is 2.30. The van der Waals surface area contributed by atoms with E-state index in [0.29, 0.717) is 12.3 Å². The van der Waals surface area contributed by atoms with Crippen LogP contribution in [0.1, 0.15) is 15.9 Å². The molecule has 0 atom stereocenters. The maximum Gasteiger partial charge on any atom is 0.417 e. The number of aromatic nitrogens is 1. The van der Waals surface area contributed by atoms with Crippen molar-refractivity contribution in [2.45, 2.75) is 6.18 Å². The van der Waals surface area contributed by atoms with Crippen LogP contribution < -0.4 is 0 Å². The van der Waals surface area contributed by atoms with Crippen LogP contribution in [0.15, 0.2) is 18.5 Å². The Labute approximate surface area is 115 Å². The molecule has 1 heterocycles. The Balaban J connectivity index is 3.20. The van der Waals surface area contributed by atoms with E-state index in [0.717, 1.165) is 6.20 Å². The summed E-state index contributed by atoms with van der Waals surface area (Å²) in [5, 5.41) is 17.2. The predicted octanol–water partition coefficient (Wildman–Crippen LogP) is 0.712. The average Bonchev–Trinajstić information content (AvgIpc) is 2.35. The fraction of sp³-hybridized carbons (Fsp3) is 0.273. The van der Waals surface area contributed by atoms with Gasteiger partial charge in [0.1, 0.15) is 13.1 Å². The zero-order chi connectivity index (χ0) is 16.2. The quantitative estimate of drug-likeness (QED) is 0.829. The molecule has 10 heteroatoms. The van der Waals surface area contributed by atoms with E-state index >= 15 is 0 Å². The topological polar surface area (TPSA) is 108 Å². The minimum Gasteiger partial charge on any atom is -0.480 e. The minimum atomic E-state index is -4.86. The third kappa shape index (κ3) is 4.44. The molecule has 0 unspecified atom stereocenters.